The van der Waals surface area contributed by atoms with Gasteiger partial charge in [0.2, 0.25) is 0 Å². The van der Waals surface area contributed by atoms with Gasteiger partial charge in [-0.15, -0.1) is 0 Å². The molecule has 0 aromatic heterocycles. The van der Waals surface area contributed by atoms with Gasteiger partial charge in [-0.2, -0.15) is 0 Å². The van der Waals surface area contributed by atoms with E-state index in [0.717, 1.165) is 64.2 Å². The summed E-state index contributed by atoms with van der Waals surface area (Å²) < 4.78 is 65.2. The molecular formula is C54H95BNaO8. The van der Waals surface area contributed by atoms with E-state index in [0.29, 0.717) is 56.3 Å². The van der Waals surface area contributed by atoms with Crippen LogP contribution in [0.15, 0.2) is 0 Å². The van der Waals surface area contributed by atoms with Crippen molar-refractivity contribution in [2.75, 3.05) is 0 Å². The Labute approximate surface area is 427 Å². The van der Waals surface area contributed by atoms with E-state index in [-0.39, 0.29) is 148 Å². The molecule has 5 N–H and O–H groups in total. The van der Waals surface area contributed by atoms with Crippen LogP contribution in [-0.4, -0.2) is 70.0 Å². The Morgan fingerprint density at radius 1 is 0.656 bits per heavy atom. The minimum absolute atomic E-state index is 0. The summed E-state index contributed by atoms with van der Waals surface area (Å²) in [5.41, 5.74) is -0.471. The molecule has 8 aliphatic carbocycles. The molecule has 0 aromatic carbocycles. The average Bonchev–Trinajstić information content (AvgIpc) is 3.79. The van der Waals surface area contributed by atoms with Crippen LogP contribution in [0.2, 0.25) is 0 Å². The van der Waals surface area contributed by atoms with Crippen molar-refractivity contribution in [2.24, 2.45) is 105 Å². The number of aliphatic carboxylic acids is 2. The summed E-state index contributed by atoms with van der Waals surface area (Å²) in [7, 11) is 0. The topological polar surface area (TPSA) is 152 Å². The predicted molar refractivity (Wildman–Crippen MR) is 255 cm³/mol. The fraction of sp³-hybridized carbons (Fsp3) is 0.944. The second kappa shape index (κ2) is 22.1. The van der Waals surface area contributed by atoms with E-state index < -0.39 is 68.6 Å². The van der Waals surface area contributed by atoms with Gasteiger partial charge in [-0.1, -0.05) is 76.5 Å². The number of Topliss-reactive ketones (excluding diaryl/α,β-unsaturated/α-hetero) is 1. The van der Waals surface area contributed by atoms with Crippen molar-refractivity contribution in [3.8, 4) is 0 Å². The van der Waals surface area contributed by atoms with Crippen molar-refractivity contribution in [2.45, 2.75) is 217 Å². The number of fused-ring (bicyclic) bond motifs is 10. The minimum atomic E-state index is -2.53. The number of ketones is 1. The molecule has 23 atom stereocenters. The molecule has 0 heterocycles. The Balaban J connectivity index is 0.000000468. The minimum Gasteiger partial charge on any atom is -1.00 e. The van der Waals surface area contributed by atoms with Gasteiger partial charge in [-0.3, -0.25) is 14.4 Å². The third-order valence-electron chi connectivity index (χ3n) is 20.9. The number of aliphatic hydroxyl groups is 3. The summed E-state index contributed by atoms with van der Waals surface area (Å²) in [6.45, 7) is 8.38. The summed E-state index contributed by atoms with van der Waals surface area (Å²) in [5.74, 6) is -1.61. The van der Waals surface area contributed by atoms with Crippen molar-refractivity contribution >= 4 is 26.1 Å². The van der Waals surface area contributed by atoms with Crippen molar-refractivity contribution in [3.05, 3.63) is 0 Å². The molecule has 8 fully saturated rings. The van der Waals surface area contributed by atoms with E-state index in [2.05, 4.69) is 41.5 Å². The van der Waals surface area contributed by atoms with Crippen molar-refractivity contribution in [1.29, 1.82) is 0 Å². The number of hydrogen-bond acceptors (Lipinski definition) is 6. The quantitative estimate of drug-likeness (QED) is 0.137. The van der Waals surface area contributed by atoms with Crippen LogP contribution in [0.5, 0.6) is 0 Å². The number of hydrogen-bond donors (Lipinski definition) is 5. The fourth-order valence-corrected chi connectivity index (χ4v) is 17.9. The maximum Gasteiger partial charge on any atom is 1.00 e. The maximum absolute atomic E-state index is 14.2. The van der Waals surface area contributed by atoms with Crippen LogP contribution < -0.4 is 29.6 Å². The molecular weight excluding hydrogens is 810 g/mol. The first-order valence-electron chi connectivity index (χ1n) is 28.4. The summed E-state index contributed by atoms with van der Waals surface area (Å²) in [4.78, 5) is 36.5. The van der Waals surface area contributed by atoms with Crippen LogP contribution in [0, 0.1) is 105 Å². The van der Waals surface area contributed by atoms with Gasteiger partial charge in [0.05, 0.1) is 18.3 Å². The largest absolute Gasteiger partial charge is 1.00 e. The van der Waals surface area contributed by atoms with Crippen LogP contribution in [0.25, 0.3) is 0 Å². The summed E-state index contributed by atoms with van der Waals surface area (Å²) in [5, 5.41) is 51.2. The molecule has 363 valence electrons. The van der Waals surface area contributed by atoms with Crippen LogP contribution >= 0.6 is 0 Å². The smallest absolute Gasteiger partial charge is 1.00 e. The van der Waals surface area contributed by atoms with Crippen molar-refractivity contribution in [3.63, 3.8) is 0 Å². The summed E-state index contributed by atoms with van der Waals surface area (Å²) in [6.07, 6.45) is 8.62. The Kier molecular flexibility index (Phi) is 15.9. The molecule has 0 saturated heterocycles. The van der Waals surface area contributed by atoms with E-state index in [1.807, 2.05) is 0 Å². The molecule has 8 nitrogen and oxygen atoms in total. The third-order valence-corrected chi connectivity index (χ3v) is 20.9. The van der Waals surface area contributed by atoms with Gasteiger partial charge in [0, 0.05) is 44.1 Å². The first kappa shape index (κ1) is 46.0. The average molecular weight is 914 g/mol. The standard InChI is InChI=1S/C26H44O4.C26H42O4.2CH4.B.Na.H/c2*1-5-17-21-14-16(27)10-12-26(21,4)20-11-13-25(3)18(15(2)6-9-22(28)29)7-8-19(25)23(20)24(17)30;;;;;/h15-21,23-24,27,30H,5-14H2,1-4H3,(H,28,29);15-21,23,27H,5-14H2,1-4H3,(H,28,29);2*1H4;;;/q;;;;;+1;-1/t15-,16-,17-,18?,19?,20?,21+,23?,24-,25-,26-;15-,16-,17-,18?,19?,20?,21+,23?,25-,26-;;;;;/m11...../s1/i2*1D3,5D;;;;;/t5?,15-,16-,17-,18?,19?,20?,21+,23?,24-,25-,26-;5?,15-,16-,17-,18?,19?,20?,21+,23?,25-,26-;;;;;. The summed E-state index contributed by atoms with van der Waals surface area (Å²) >= 11 is 0. The number of carbonyl (C=O) groups excluding carboxylic acids is 1. The zero-order valence-electron chi connectivity index (χ0n) is 48.2. The zero-order valence-corrected chi connectivity index (χ0v) is 41.2. The molecule has 8 rings (SSSR count). The first-order chi connectivity index (χ1) is 31.4. The number of carboxylic acid groups (broad SMARTS) is 2. The van der Waals surface area contributed by atoms with Gasteiger partial charge in [-0.25, -0.2) is 0 Å². The molecule has 0 aliphatic heterocycles. The van der Waals surface area contributed by atoms with E-state index in [4.69, 9.17) is 16.1 Å². The third kappa shape index (κ3) is 9.83. The molecule has 3 radical (unpaired) electrons. The van der Waals surface area contributed by atoms with Crippen LogP contribution in [0.1, 0.15) is 211 Å². The Hall–Kier alpha value is -0.445. The Bertz CT molecular complexity index is 1870. The second-order valence-corrected chi connectivity index (χ2v) is 23.2. The molecule has 64 heavy (non-hydrogen) atoms. The SMILES string of the molecule is C.C.[2H]C([C@H]1C(=O)C2C3CCC([C@H](C)CCC(=O)O)[C@@]3(C)CCC2[C@@]2(C)CC[C@@H](O)C[C@@H]12)C([2H])([2H])[2H].[2H]C([C@H]1[C@@H](O)C2C3CCC([C@H](C)CCC(=O)O)[C@@]3(C)CCC2[C@@]2(C)CC[C@@H](O)C[C@@H]12)C([2H])([2H])[2H].[B].[H-].[Na+]. The van der Waals surface area contributed by atoms with E-state index in [1.165, 1.54) is 0 Å². The van der Waals surface area contributed by atoms with Crippen LogP contribution in [-0.2, 0) is 14.4 Å². The van der Waals surface area contributed by atoms with Gasteiger partial charge < -0.3 is 27.0 Å². The molecule has 0 spiro atoms. The first-order valence-corrected chi connectivity index (χ1v) is 24.3. The van der Waals surface area contributed by atoms with E-state index >= 15 is 0 Å². The van der Waals surface area contributed by atoms with Gasteiger partial charge in [0.15, 0.2) is 0 Å². The van der Waals surface area contributed by atoms with Crippen LogP contribution in [0.3, 0.4) is 0 Å². The molecule has 0 amide bonds. The van der Waals surface area contributed by atoms with Crippen molar-refractivity contribution in [1.82, 2.24) is 0 Å². The number of carbonyl (C=O) groups is 3. The molecule has 10 heteroatoms. The molecule has 0 bridgehead atoms. The normalized spacial score (nSPS) is 50.4. The predicted octanol–water partition coefficient (Wildman–Crippen LogP) is 8.44. The summed E-state index contributed by atoms with van der Waals surface area (Å²) in [6, 6.07) is 0. The fourth-order valence-electron chi connectivity index (χ4n) is 17.9. The number of aliphatic hydroxyl groups excluding tert-OH is 3. The number of carboxylic acids is 2. The van der Waals surface area contributed by atoms with Crippen LogP contribution in [0.4, 0.5) is 0 Å². The molecule has 10 unspecified atom stereocenters. The van der Waals surface area contributed by atoms with Gasteiger partial charge in [-0.05, 0) is 202 Å². The van der Waals surface area contributed by atoms with Crippen molar-refractivity contribution < 1.29 is 81.9 Å². The Morgan fingerprint density at radius 3 is 1.59 bits per heavy atom. The Morgan fingerprint density at radius 2 is 1.08 bits per heavy atom. The van der Waals surface area contributed by atoms with Gasteiger partial charge in [0.1, 0.15) is 5.78 Å². The van der Waals surface area contributed by atoms with Gasteiger partial charge >= 0.3 is 41.5 Å². The van der Waals surface area contributed by atoms with Gasteiger partial charge in [0.25, 0.3) is 0 Å². The zero-order chi connectivity index (χ0) is 50.4. The molecule has 8 aliphatic rings. The molecule has 0 aromatic rings. The number of rotatable bonds is 10. The van der Waals surface area contributed by atoms with E-state index in [1.54, 1.807) is 0 Å². The molecule has 8 saturated carbocycles. The monoisotopic (exact) mass is 914 g/mol. The van der Waals surface area contributed by atoms with E-state index in [9.17, 15) is 34.8 Å². The second-order valence-electron chi connectivity index (χ2n) is 23.2. The maximum atomic E-state index is 14.2.